The summed E-state index contributed by atoms with van der Waals surface area (Å²) >= 11 is 0. The number of carbonyl (C=O) groups excluding carboxylic acids is 1. The first kappa shape index (κ1) is 18.0. The van der Waals surface area contributed by atoms with E-state index in [9.17, 15) is 14.7 Å². The van der Waals surface area contributed by atoms with Crippen LogP contribution in [0.3, 0.4) is 0 Å². The molecule has 0 aliphatic carbocycles. The first-order chi connectivity index (χ1) is 14.1. The number of methoxy groups -OCH3 is 1. The Morgan fingerprint density at radius 1 is 1.21 bits per heavy atom. The van der Waals surface area contributed by atoms with Crippen LogP contribution in [0.15, 0.2) is 58.4 Å². The SMILES string of the molecule is COC(=O)c1nc(/N=C/c2c(O)n(-c3ccccn3)c(=O)c3ccccc23)n[nH]1. The van der Waals surface area contributed by atoms with Crippen molar-refractivity contribution in [1.29, 1.82) is 0 Å². The van der Waals surface area contributed by atoms with Crippen molar-refractivity contribution in [3.8, 4) is 11.7 Å². The minimum absolute atomic E-state index is 0.0375. The molecule has 0 aliphatic heterocycles. The Kier molecular flexibility index (Phi) is 4.57. The molecule has 0 saturated heterocycles. The summed E-state index contributed by atoms with van der Waals surface area (Å²) in [7, 11) is 1.22. The van der Waals surface area contributed by atoms with E-state index in [1.165, 1.54) is 19.5 Å². The zero-order valence-electron chi connectivity index (χ0n) is 15.1. The number of aliphatic imine (C=N–C) groups is 1. The minimum atomic E-state index is -0.684. The van der Waals surface area contributed by atoms with Gasteiger partial charge in [0.15, 0.2) is 0 Å². The van der Waals surface area contributed by atoms with E-state index in [1.54, 1.807) is 42.5 Å². The Morgan fingerprint density at radius 2 is 1.97 bits per heavy atom. The number of pyridine rings is 2. The predicted molar refractivity (Wildman–Crippen MR) is 104 cm³/mol. The molecule has 4 aromatic rings. The first-order valence-corrected chi connectivity index (χ1v) is 8.43. The summed E-state index contributed by atoms with van der Waals surface area (Å²) in [6.07, 6.45) is 2.84. The number of fused-ring (bicyclic) bond motifs is 1. The van der Waals surface area contributed by atoms with E-state index in [1.807, 2.05) is 0 Å². The van der Waals surface area contributed by atoms with E-state index < -0.39 is 11.5 Å². The number of esters is 1. The number of aromatic nitrogens is 5. The molecular formula is C19H14N6O4. The predicted octanol–water partition coefficient (Wildman–Crippen LogP) is 1.75. The van der Waals surface area contributed by atoms with Crippen LogP contribution in [-0.2, 0) is 4.74 Å². The van der Waals surface area contributed by atoms with E-state index in [2.05, 4.69) is 29.9 Å². The maximum atomic E-state index is 12.9. The van der Waals surface area contributed by atoms with Crippen LogP contribution in [0.25, 0.3) is 16.6 Å². The van der Waals surface area contributed by atoms with Crippen molar-refractivity contribution in [3.63, 3.8) is 0 Å². The standard InChI is InChI=1S/C19H14N6O4/c1-29-18(28)15-22-19(24-23-15)21-10-13-11-6-2-3-7-12(11)16(26)25(17(13)27)14-8-4-5-9-20-14/h2-10,27H,1H3,(H,22,23,24)/b21-10+. The third-order valence-corrected chi connectivity index (χ3v) is 4.14. The number of rotatable bonds is 4. The Hall–Kier alpha value is -4.34. The Bertz CT molecular complexity index is 1290. The van der Waals surface area contributed by atoms with Gasteiger partial charge in [0.1, 0.15) is 5.82 Å². The molecule has 0 amide bonds. The summed E-state index contributed by atoms with van der Waals surface area (Å²) in [6.45, 7) is 0. The molecule has 3 heterocycles. The molecular weight excluding hydrogens is 376 g/mol. The summed E-state index contributed by atoms with van der Waals surface area (Å²) < 4.78 is 5.66. The summed E-state index contributed by atoms with van der Waals surface area (Å²) in [4.78, 5) is 36.6. The van der Waals surface area contributed by atoms with Crippen molar-refractivity contribution >= 4 is 28.9 Å². The summed E-state index contributed by atoms with van der Waals surface area (Å²) in [5, 5.41) is 17.9. The van der Waals surface area contributed by atoms with Gasteiger partial charge in [0.25, 0.3) is 11.5 Å². The van der Waals surface area contributed by atoms with Gasteiger partial charge in [-0.1, -0.05) is 24.3 Å². The van der Waals surface area contributed by atoms with Crippen molar-refractivity contribution < 1.29 is 14.6 Å². The van der Waals surface area contributed by atoms with E-state index in [-0.39, 0.29) is 29.0 Å². The second-order valence-corrected chi connectivity index (χ2v) is 5.85. The number of carbonyl (C=O) groups is 1. The lowest BCUT2D eigenvalue weighted by Crippen LogP contribution is -2.20. The molecule has 0 spiro atoms. The number of aromatic amines is 1. The first-order valence-electron chi connectivity index (χ1n) is 8.43. The van der Waals surface area contributed by atoms with Gasteiger partial charge in [-0.15, -0.1) is 5.10 Å². The molecule has 10 heteroatoms. The second-order valence-electron chi connectivity index (χ2n) is 5.85. The zero-order valence-corrected chi connectivity index (χ0v) is 15.1. The Labute approximate surface area is 163 Å². The average molecular weight is 390 g/mol. The fraction of sp³-hybridized carbons (Fsp3) is 0.0526. The van der Waals surface area contributed by atoms with Gasteiger partial charge in [-0.3, -0.25) is 9.89 Å². The van der Waals surface area contributed by atoms with Gasteiger partial charge in [-0.2, -0.15) is 4.98 Å². The largest absolute Gasteiger partial charge is 0.494 e. The fourth-order valence-corrected chi connectivity index (χ4v) is 2.81. The molecule has 0 aliphatic rings. The van der Waals surface area contributed by atoms with Crippen LogP contribution in [0.2, 0.25) is 0 Å². The third kappa shape index (κ3) is 3.23. The molecule has 0 fully saturated rings. The summed E-state index contributed by atoms with van der Waals surface area (Å²) in [5.74, 6) is -0.895. The number of nitrogens with zero attached hydrogens (tertiary/aromatic N) is 5. The van der Waals surface area contributed by atoms with Crippen LogP contribution < -0.4 is 5.56 Å². The monoisotopic (exact) mass is 390 g/mol. The maximum Gasteiger partial charge on any atom is 0.375 e. The molecule has 3 aromatic heterocycles. The van der Waals surface area contributed by atoms with E-state index in [0.717, 1.165) is 4.57 Å². The average Bonchev–Trinajstić information content (AvgIpc) is 3.23. The molecule has 1 aromatic carbocycles. The molecule has 0 bridgehead atoms. The van der Waals surface area contributed by atoms with Crippen LogP contribution in [-0.4, -0.2) is 49.1 Å². The van der Waals surface area contributed by atoms with Crippen LogP contribution >= 0.6 is 0 Å². The maximum absolute atomic E-state index is 12.9. The van der Waals surface area contributed by atoms with Crippen LogP contribution in [0.4, 0.5) is 5.95 Å². The highest BCUT2D eigenvalue weighted by Gasteiger charge is 2.17. The van der Waals surface area contributed by atoms with Gasteiger partial charge in [-0.25, -0.2) is 19.3 Å². The van der Waals surface area contributed by atoms with Gasteiger partial charge in [-0.05, 0) is 18.2 Å². The van der Waals surface area contributed by atoms with Crippen molar-refractivity contribution in [3.05, 3.63) is 70.4 Å². The van der Waals surface area contributed by atoms with Gasteiger partial charge in [0.2, 0.25) is 11.7 Å². The zero-order chi connectivity index (χ0) is 20.4. The van der Waals surface area contributed by atoms with Crippen molar-refractivity contribution in [2.45, 2.75) is 0 Å². The molecule has 4 rings (SSSR count). The smallest absolute Gasteiger partial charge is 0.375 e. The Morgan fingerprint density at radius 3 is 2.69 bits per heavy atom. The molecule has 0 unspecified atom stereocenters. The number of hydrogen-bond acceptors (Lipinski definition) is 8. The lowest BCUT2D eigenvalue weighted by atomic mass is 10.1. The summed E-state index contributed by atoms with van der Waals surface area (Å²) in [6, 6.07) is 11.8. The number of ether oxygens (including phenoxy) is 1. The van der Waals surface area contributed by atoms with Crippen molar-refractivity contribution in [2.75, 3.05) is 7.11 Å². The number of aromatic hydroxyl groups is 1. The van der Waals surface area contributed by atoms with Crippen molar-refractivity contribution in [2.24, 2.45) is 4.99 Å². The molecule has 0 radical (unpaired) electrons. The second kappa shape index (κ2) is 7.35. The van der Waals surface area contributed by atoms with E-state index >= 15 is 0 Å². The van der Waals surface area contributed by atoms with Gasteiger partial charge >= 0.3 is 5.97 Å². The lowest BCUT2D eigenvalue weighted by Gasteiger charge is -2.12. The van der Waals surface area contributed by atoms with Gasteiger partial charge < -0.3 is 9.84 Å². The van der Waals surface area contributed by atoms with Crippen LogP contribution in [0.1, 0.15) is 16.2 Å². The van der Waals surface area contributed by atoms with Gasteiger partial charge in [0, 0.05) is 23.2 Å². The summed E-state index contributed by atoms with van der Waals surface area (Å²) in [5.41, 5.74) is -0.143. The highest BCUT2D eigenvalue weighted by molar-refractivity contribution is 6.02. The number of hydrogen-bond donors (Lipinski definition) is 2. The molecule has 0 atom stereocenters. The quantitative estimate of drug-likeness (QED) is 0.400. The van der Waals surface area contributed by atoms with Crippen LogP contribution in [0.5, 0.6) is 5.88 Å². The topological polar surface area (TPSA) is 135 Å². The molecule has 144 valence electrons. The molecule has 29 heavy (non-hydrogen) atoms. The highest BCUT2D eigenvalue weighted by atomic mass is 16.5. The van der Waals surface area contributed by atoms with E-state index in [4.69, 9.17) is 0 Å². The fourth-order valence-electron chi connectivity index (χ4n) is 2.81. The lowest BCUT2D eigenvalue weighted by molar-refractivity contribution is 0.0587. The van der Waals surface area contributed by atoms with E-state index in [0.29, 0.717) is 10.8 Å². The Balaban J connectivity index is 1.89. The number of benzene rings is 1. The normalized spacial score (nSPS) is 11.2. The number of nitrogens with one attached hydrogen (secondary N) is 1. The van der Waals surface area contributed by atoms with Crippen molar-refractivity contribution in [1.82, 2.24) is 24.7 Å². The molecule has 2 N–H and O–H groups in total. The number of H-pyrrole nitrogens is 1. The van der Waals surface area contributed by atoms with Crippen LogP contribution in [0, 0.1) is 0 Å². The third-order valence-electron chi connectivity index (χ3n) is 4.14. The van der Waals surface area contributed by atoms with Gasteiger partial charge in [0.05, 0.1) is 12.7 Å². The highest BCUT2D eigenvalue weighted by Crippen LogP contribution is 2.25. The molecule has 10 nitrogen and oxygen atoms in total. The molecule has 0 saturated carbocycles. The minimum Gasteiger partial charge on any atom is -0.494 e.